The lowest BCUT2D eigenvalue weighted by molar-refractivity contribution is -0.118. The minimum Gasteiger partial charge on any atom is -0.350 e. The Kier molecular flexibility index (Phi) is 6.14. The first kappa shape index (κ1) is 19.8. The van der Waals surface area contributed by atoms with Crippen LogP contribution in [0.4, 0.5) is 4.39 Å². The van der Waals surface area contributed by atoms with Crippen molar-refractivity contribution in [3.05, 3.63) is 90.5 Å². The van der Waals surface area contributed by atoms with E-state index in [2.05, 4.69) is 20.5 Å². The molecule has 1 amide bonds. The maximum atomic E-state index is 13.3. The van der Waals surface area contributed by atoms with E-state index in [4.69, 9.17) is 0 Å². The molecule has 30 heavy (non-hydrogen) atoms. The Bertz CT molecular complexity index is 1120. The van der Waals surface area contributed by atoms with Gasteiger partial charge in [0.15, 0.2) is 11.0 Å². The van der Waals surface area contributed by atoms with Gasteiger partial charge in [-0.05, 0) is 48.5 Å². The Hall–Kier alpha value is -3.52. The lowest BCUT2D eigenvalue weighted by Gasteiger charge is -2.10. The van der Waals surface area contributed by atoms with Crippen molar-refractivity contribution >= 4 is 17.7 Å². The summed E-state index contributed by atoms with van der Waals surface area (Å²) in [6, 6.07) is 21.3. The lowest BCUT2D eigenvalue weighted by Crippen LogP contribution is -2.25. The van der Waals surface area contributed by atoms with Crippen LogP contribution in [0.5, 0.6) is 0 Å². The van der Waals surface area contributed by atoms with Gasteiger partial charge in [0.1, 0.15) is 5.82 Å². The number of nitrogens with one attached hydrogen (secondary N) is 1. The number of hydrogen-bond acceptors (Lipinski definition) is 5. The van der Waals surface area contributed by atoms with Crippen molar-refractivity contribution in [2.45, 2.75) is 11.7 Å². The number of carbonyl (C=O) groups excluding carboxylic acids is 1. The zero-order chi connectivity index (χ0) is 20.8. The minimum atomic E-state index is -0.316. The molecule has 0 aliphatic carbocycles. The summed E-state index contributed by atoms with van der Waals surface area (Å²) in [6.07, 6.45) is 1.69. The first-order valence-corrected chi connectivity index (χ1v) is 10.3. The van der Waals surface area contributed by atoms with Gasteiger partial charge in [0.2, 0.25) is 5.91 Å². The van der Waals surface area contributed by atoms with Gasteiger partial charge >= 0.3 is 0 Å². The van der Waals surface area contributed by atoms with Crippen LogP contribution in [0.15, 0.2) is 84.1 Å². The number of pyridine rings is 1. The molecule has 0 fully saturated rings. The molecule has 0 radical (unpaired) electrons. The van der Waals surface area contributed by atoms with Crippen LogP contribution < -0.4 is 5.32 Å². The number of nitrogens with zero attached hydrogens (tertiary/aromatic N) is 4. The summed E-state index contributed by atoms with van der Waals surface area (Å²) in [5.41, 5.74) is 2.39. The maximum Gasteiger partial charge on any atom is 0.230 e. The molecule has 0 saturated carbocycles. The number of carbonyl (C=O) groups is 1. The van der Waals surface area contributed by atoms with Crippen LogP contribution in [-0.2, 0) is 11.3 Å². The zero-order valence-corrected chi connectivity index (χ0v) is 16.7. The topological polar surface area (TPSA) is 72.7 Å². The van der Waals surface area contributed by atoms with Crippen LogP contribution in [0, 0.1) is 5.82 Å². The van der Waals surface area contributed by atoms with Gasteiger partial charge in [-0.15, -0.1) is 10.2 Å². The van der Waals surface area contributed by atoms with Crippen molar-refractivity contribution in [3.8, 4) is 17.1 Å². The molecule has 0 spiro atoms. The molecule has 2 heterocycles. The summed E-state index contributed by atoms with van der Waals surface area (Å²) in [6.45, 7) is 0.367. The highest BCUT2D eigenvalue weighted by Crippen LogP contribution is 2.28. The molecule has 0 bridgehead atoms. The molecule has 2 aromatic carbocycles. The Morgan fingerprint density at radius 1 is 0.967 bits per heavy atom. The fraction of sp³-hybridized carbons (Fsp3) is 0.0909. The van der Waals surface area contributed by atoms with Crippen LogP contribution in [0.3, 0.4) is 0 Å². The van der Waals surface area contributed by atoms with E-state index in [1.54, 1.807) is 18.3 Å². The molecule has 0 atom stereocenters. The van der Waals surface area contributed by atoms with Gasteiger partial charge in [-0.25, -0.2) is 4.39 Å². The van der Waals surface area contributed by atoms with Gasteiger partial charge in [0.05, 0.1) is 18.0 Å². The molecule has 0 aliphatic rings. The Morgan fingerprint density at radius 2 is 1.73 bits per heavy atom. The third-order valence-corrected chi connectivity index (χ3v) is 5.20. The molecule has 0 aliphatic heterocycles. The SMILES string of the molecule is O=C(CSc1nnc(-c2ccc(F)cc2)n1-c1ccccc1)NCc1ccccn1. The largest absolute Gasteiger partial charge is 0.350 e. The molecule has 0 saturated heterocycles. The van der Waals surface area contributed by atoms with E-state index in [0.717, 1.165) is 16.9 Å². The second kappa shape index (κ2) is 9.32. The van der Waals surface area contributed by atoms with Crippen molar-refractivity contribution in [3.63, 3.8) is 0 Å². The standard InChI is InChI=1S/C22H18FN5OS/c23-17-11-9-16(10-12-17)21-26-27-22(28(21)19-7-2-1-3-8-19)30-15-20(29)25-14-18-6-4-5-13-24-18/h1-13H,14-15H2,(H,25,29). The summed E-state index contributed by atoms with van der Waals surface area (Å²) in [7, 11) is 0. The number of amides is 1. The molecular weight excluding hydrogens is 401 g/mol. The maximum absolute atomic E-state index is 13.3. The predicted molar refractivity (Wildman–Crippen MR) is 114 cm³/mol. The second-order valence-corrected chi connectivity index (χ2v) is 7.31. The monoisotopic (exact) mass is 419 g/mol. The van der Waals surface area contributed by atoms with E-state index in [9.17, 15) is 9.18 Å². The fourth-order valence-corrected chi connectivity index (χ4v) is 3.61. The molecule has 8 heteroatoms. The molecular formula is C22H18FN5OS. The average molecular weight is 419 g/mol. The quantitative estimate of drug-likeness (QED) is 0.460. The van der Waals surface area contributed by atoms with Crippen molar-refractivity contribution in [2.24, 2.45) is 0 Å². The molecule has 1 N–H and O–H groups in total. The number of halogens is 1. The summed E-state index contributed by atoms with van der Waals surface area (Å²) in [5, 5.41) is 12.0. The van der Waals surface area contributed by atoms with Crippen LogP contribution in [0.2, 0.25) is 0 Å². The summed E-state index contributed by atoms with van der Waals surface area (Å²) in [4.78, 5) is 16.5. The zero-order valence-electron chi connectivity index (χ0n) is 15.9. The number of para-hydroxylation sites is 1. The van der Waals surface area contributed by atoms with Crippen LogP contribution in [0.25, 0.3) is 17.1 Å². The molecule has 4 rings (SSSR count). The smallest absolute Gasteiger partial charge is 0.230 e. The number of hydrogen-bond donors (Lipinski definition) is 1. The van der Waals surface area contributed by atoms with Gasteiger partial charge in [-0.1, -0.05) is 36.0 Å². The lowest BCUT2D eigenvalue weighted by atomic mass is 10.2. The van der Waals surface area contributed by atoms with E-state index < -0.39 is 0 Å². The molecule has 150 valence electrons. The van der Waals surface area contributed by atoms with E-state index in [0.29, 0.717) is 17.5 Å². The number of aromatic nitrogens is 4. The second-order valence-electron chi connectivity index (χ2n) is 6.37. The van der Waals surface area contributed by atoms with Gasteiger partial charge in [0, 0.05) is 17.4 Å². The molecule has 0 unspecified atom stereocenters. The summed E-state index contributed by atoms with van der Waals surface area (Å²) < 4.78 is 15.2. The van der Waals surface area contributed by atoms with E-state index in [1.165, 1.54) is 23.9 Å². The average Bonchev–Trinajstić information content (AvgIpc) is 3.22. The number of rotatable bonds is 7. The van der Waals surface area contributed by atoms with Gasteiger partial charge < -0.3 is 5.32 Å². The van der Waals surface area contributed by atoms with E-state index in [1.807, 2.05) is 53.1 Å². The Morgan fingerprint density at radius 3 is 2.47 bits per heavy atom. The molecule has 4 aromatic rings. The highest BCUT2D eigenvalue weighted by Gasteiger charge is 2.17. The van der Waals surface area contributed by atoms with Crippen LogP contribution >= 0.6 is 11.8 Å². The highest BCUT2D eigenvalue weighted by atomic mass is 32.2. The predicted octanol–water partition coefficient (Wildman–Crippen LogP) is 3.88. The number of thioether (sulfide) groups is 1. The number of benzene rings is 2. The minimum absolute atomic E-state index is 0.128. The molecule has 2 aromatic heterocycles. The van der Waals surface area contributed by atoms with Crippen molar-refractivity contribution in [2.75, 3.05) is 5.75 Å². The van der Waals surface area contributed by atoms with Crippen molar-refractivity contribution in [1.29, 1.82) is 0 Å². The van der Waals surface area contributed by atoms with E-state index in [-0.39, 0.29) is 17.5 Å². The summed E-state index contributed by atoms with van der Waals surface area (Å²) in [5.74, 6) is 0.319. The van der Waals surface area contributed by atoms with Crippen LogP contribution in [0.1, 0.15) is 5.69 Å². The third-order valence-electron chi connectivity index (χ3n) is 4.28. The first-order chi connectivity index (χ1) is 14.7. The highest BCUT2D eigenvalue weighted by molar-refractivity contribution is 7.99. The normalized spacial score (nSPS) is 10.7. The first-order valence-electron chi connectivity index (χ1n) is 9.27. The fourth-order valence-electron chi connectivity index (χ4n) is 2.83. The Labute approximate surface area is 177 Å². The molecule has 6 nitrogen and oxygen atoms in total. The van der Waals surface area contributed by atoms with Crippen LogP contribution in [-0.4, -0.2) is 31.4 Å². The van der Waals surface area contributed by atoms with E-state index >= 15 is 0 Å². The van der Waals surface area contributed by atoms with Gasteiger partial charge in [-0.2, -0.15) is 0 Å². The van der Waals surface area contributed by atoms with Crippen molar-refractivity contribution in [1.82, 2.24) is 25.1 Å². The van der Waals surface area contributed by atoms with Gasteiger partial charge in [-0.3, -0.25) is 14.3 Å². The summed E-state index contributed by atoms with van der Waals surface area (Å²) >= 11 is 1.29. The third kappa shape index (κ3) is 4.72. The Balaban J connectivity index is 1.53. The van der Waals surface area contributed by atoms with Gasteiger partial charge in [0.25, 0.3) is 0 Å². The van der Waals surface area contributed by atoms with Crippen molar-refractivity contribution < 1.29 is 9.18 Å².